The van der Waals surface area contributed by atoms with Crippen molar-refractivity contribution in [1.82, 2.24) is 5.32 Å². The molecule has 1 aliphatic rings. The summed E-state index contributed by atoms with van der Waals surface area (Å²) in [6, 6.07) is 0. The molecule has 0 saturated heterocycles. The highest BCUT2D eigenvalue weighted by molar-refractivity contribution is 5.76. The first-order chi connectivity index (χ1) is 8.37. The SMILES string of the molecule is NCC1(CC(=O)NCCCCC(F)(F)F)CCC1. The van der Waals surface area contributed by atoms with E-state index >= 15 is 0 Å². The second kappa shape index (κ2) is 6.41. The third-order valence-electron chi connectivity index (χ3n) is 3.59. The van der Waals surface area contributed by atoms with E-state index in [0.717, 1.165) is 19.3 Å². The van der Waals surface area contributed by atoms with E-state index in [4.69, 9.17) is 5.73 Å². The quantitative estimate of drug-likeness (QED) is 0.695. The average molecular weight is 266 g/mol. The number of carbonyl (C=O) groups excluding carboxylic acids is 1. The lowest BCUT2D eigenvalue weighted by atomic mass is 9.66. The number of unbranched alkanes of at least 4 members (excludes halogenated alkanes) is 1. The van der Waals surface area contributed by atoms with Gasteiger partial charge in [0.1, 0.15) is 0 Å². The summed E-state index contributed by atoms with van der Waals surface area (Å²) in [6.45, 7) is 0.823. The molecule has 0 spiro atoms. The topological polar surface area (TPSA) is 55.1 Å². The summed E-state index contributed by atoms with van der Waals surface area (Å²) in [5.41, 5.74) is 5.59. The fraction of sp³-hybridized carbons (Fsp3) is 0.917. The van der Waals surface area contributed by atoms with Crippen molar-refractivity contribution in [3.63, 3.8) is 0 Å². The molecule has 0 radical (unpaired) electrons. The Kier molecular flexibility index (Phi) is 5.44. The second-order valence-electron chi connectivity index (χ2n) is 5.16. The molecule has 1 fully saturated rings. The molecule has 1 rings (SSSR count). The predicted octanol–water partition coefficient (Wildman–Crippen LogP) is 2.35. The highest BCUT2D eigenvalue weighted by Crippen LogP contribution is 2.42. The van der Waals surface area contributed by atoms with Crippen LogP contribution in [0.1, 0.15) is 44.9 Å². The molecule has 1 saturated carbocycles. The number of hydrogen-bond acceptors (Lipinski definition) is 2. The first-order valence-electron chi connectivity index (χ1n) is 6.40. The number of nitrogens with two attached hydrogens (primary N) is 1. The second-order valence-corrected chi connectivity index (χ2v) is 5.16. The van der Waals surface area contributed by atoms with Crippen LogP contribution in [-0.2, 0) is 4.79 Å². The minimum absolute atomic E-state index is 0.0456. The molecule has 0 heterocycles. The molecule has 1 aliphatic carbocycles. The van der Waals surface area contributed by atoms with Gasteiger partial charge in [0.15, 0.2) is 0 Å². The minimum Gasteiger partial charge on any atom is -0.356 e. The molecule has 0 bridgehead atoms. The largest absolute Gasteiger partial charge is 0.389 e. The zero-order valence-corrected chi connectivity index (χ0v) is 10.5. The molecular weight excluding hydrogens is 245 g/mol. The first kappa shape index (κ1) is 15.3. The van der Waals surface area contributed by atoms with Gasteiger partial charge in [-0.05, 0) is 37.6 Å². The average Bonchev–Trinajstić information content (AvgIpc) is 2.21. The summed E-state index contributed by atoms with van der Waals surface area (Å²) >= 11 is 0. The number of carbonyl (C=O) groups is 1. The Bertz CT molecular complexity index is 269. The molecule has 0 aromatic carbocycles. The zero-order valence-electron chi connectivity index (χ0n) is 10.5. The number of nitrogens with one attached hydrogen (secondary N) is 1. The highest BCUT2D eigenvalue weighted by Gasteiger charge is 2.37. The van der Waals surface area contributed by atoms with Gasteiger partial charge in [-0.1, -0.05) is 6.42 Å². The molecule has 1 amide bonds. The van der Waals surface area contributed by atoms with Gasteiger partial charge in [0, 0.05) is 19.4 Å². The zero-order chi connectivity index (χ0) is 13.6. The van der Waals surface area contributed by atoms with Crippen molar-refractivity contribution in [3.8, 4) is 0 Å². The van der Waals surface area contributed by atoms with E-state index in [2.05, 4.69) is 5.32 Å². The molecule has 0 aromatic rings. The van der Waals surface area contributed by atoms with Gasteiger partial charge < -0.3 is 11.1 Å². The summed E-state index contributed by atoms with van der Waals surface area (Å²) in [4.78, 5) is 11.6. The number of alkyl halides is 3. The Morgan fingerprint density at radius 2 is 1.94 bits per heavy atom. The molecule has 18 heavy (non-hydrogen) atoms. The maximum atomic E-state index is 11.9. The fourth-order valence-electron chi connectivity index (χ4n) is 2.21. The Balaban J connectivity index is 2.07. The van der Waals surface area contributed by atoms with Crippen molar-refractivity contribution in [3.05, 3.63) is 0 Å². The van der Waals surface area contributed by atoms with Crippen LogP contribution in [0.5, 0.6) is 0 Å². The Morgan fingerprint density at radius 3 is 2.39 bits per heavy atom. The molecule has 0 aromatic heterocycles. The van der Waals surface area contributed by atoms with Crippen LogP contribution < -0.4 is 11.1 Å². The summed E-state index contributed by atoms with van der Waals surface area (Å²) in [6.07, 6.45) is -0.989. The van der Waals surface area contributed by atoms with E-state index in [1.165, 1.54) is 0 Å². The monoisotopic (exact) mass is 266 g/mol. The van der Waals surface area contributed by atoms with E-state index in [1.54, 1.807) is 0 Å². The summed E-state index contributed by atoms with van der Waals surface area (Å²) in [5, 5.41) is 2.67. The van der Waals surface area contributed by atoms with Crippen molar-refractivity contribution in [2.24, 2.45) is 11.1 Å². The van der Waals surface area contributed by atoms with Gasteiger partial charge >= 0.3 is 6.18 Å². The van der Waals surface area contributed by atoms with Crippen molar-refractivity contribution in [2.45, 2.75) is 51.1 Å². The summed E-state index contributed by atoms with van der Waals surface area (Å²) in [7, 11) is 0. The molecule has 6 heteroatoms. The number of hydrogen-bond donors (Lipinski definition) is 2. The van der Waals surface area contributed by atoms with Crippen LogP contribution in [0.15, 0.2) is 0 Å². The molecule has 0 aliphatic heterocycles. The number of amides is 1. The van der Waals surface area contributed by atoms with E-state index in [1.807, 2.05) is 0 Å². The fourth-order valence-corrected chi connectivity index (χ4v) is 2.21. The number of halogens is 3. The van der Waals surface area contributed by atoms with Gasteiger partial charge in [0.2, 0.25) is 5.91 Å². The highest BCUT2D eigenvalue weighted by atomic mass is 19.4. The van der Waals surface area contributed by atoms with E-state index in [0.29, 0.717) is 25.9 Å². The maximum Gasteiger partial charge on any atom is 0.389 e. The third kappa shape index (κ3) is 5.25. The van der Waals surface area contributed by atoms with Gasteiger partial charge in [-0.2, -0.15) is 13.2 Å². The predicted molar refractivity (Wildman–Crippen MR) is 62.9 cm³/mol. The lowest BCUT2D eigenvalue weighted by Crippen LogP contribution is -2.42. The molecular formula is C12H21F3N2O. The molecule has 0 unspecified atom stereocenters. The Labute approximate surface area is 105 Å². The Morgan fingerprint density at radius 1 is 1.28 bits per heavy atom. The van der Waals surface area contributed by atoms with E-state index < -0.39 is 12.6 Å². The molecule has 3 N–H and O–H groups in total. The van der Waals surface area contributed by atoms with Gasteiger partial charge in [-0.15, -0.1) is 0 Å². The van der Waals surface area contributed by atoms with Crippen molar-refractivity contribution in [1.29, 1.82) is 0 Å². The first-order valence-corrected chi connectivity index (χ1v) is 6.40. The van der Waals surface area contributed by atoms with Crippen molar-refractivity contribution >= 4 is 5.91 Å². The summed E-state index contributed by atoms with van der Waals surface area (Å²) < 4.78 is 35.6. The van der Waals surface area contributed by atoms with Crippen LogP contribution in [0.25, 0.3) is 0 Å². The van der Waals surface area contributed by atoms with Crippen LogP contribution in [0.4, 0.5) is 13.2 Å². The van der Waals surface area contributed by atoms with Crippen LogP contribution in [-0.4, -0.2) is 25.2 Å². The number of rotatable bonds is 7. The standard InChI is InChI=1S/C12H21F3N2O/c13-12(14,15)6-1-2-7-17-10(18)8-11(9-16)4-3-5-11/h1-9,16H2,(H,17,18). The lowest BCUT2D eigenvalue weighted by Gasteiger charge is -2.40. The maximum absolute atomic E-state index is 11.9. The Hall–Kier alpha value is -0.780. The minimum atomic E-state index is -4.10. The third-order valence-corrected chi connectivity index (χ3v) is 3.59. The van der Waals surface area contributed by atoms with Crippen LogP contribution >= 0.6 is 0 Å². The van der Waals surface area contributed by atoms with Crippen molar-refractivity contribution in [2.75, 3.05) is 13.1 Å². The molecule has 106 valence electrons. The summed E-state index contributed by atoms with van der Waals surface area (Å²) in [5.74, 6) is -0.0906. The van der Waals surface area contributed by atoms with Crippen LogP contribution in [0.2, 0.25) is 0 Å². The van der Waals surface area contributed by atoms with Gasteiger partial charge in [-0.3, -0.25) is 4.79 Å². The van der Waals surface area contributed by atoms with Gasteiger partial charge in [0.05, 0.1) is 0 Å². The van der Waals surface area contributed by atoms with Crippen LogP contribution in [0, 0.1) is 5.41 Å². The normalized spacial score (nSPS) is 18.2. The molecule has 0 atom stereocenters. The van der Waals surface area contributed by atoms with E-state index in [-0.39, 0.29) is 17.7 Å². The van der Waals surface area contributed by atoms with E-state index in [9.17, 15) is 18.0 Å². The van der Waals surface area contributed by atoms with Gasteiger partial charge in [-0.25, -0.2) is 0 Å². The van der Waals surface area contributed by atoms with Crippen molar-refractivity contribution < 1.29 is 18.0 Å². The van der Waals surface area contributed by atoms with Crippen LogP contribution in [0.3, 0.4) is 0 Å². The smallest absolute Gasteiger partial charge is 0.356 e. The van der Waals surface area contributed by atoms with Gasteiger partial charge in [0.25, 0.3) is 0 Å². The lowest BCUT2D eigenvalue weighted by molar-refractivity contribution is -0.135. The molecule has 3 nitrogen and oxygen atoms in total.